The first-order valence-corrected chi connectivity index (χ1v) is 9.24. The fraction of sp³-hybridized carbons (Fsp3) is 0.450. The van der Waals surface area contributed by atoms with Crippen LogP contribution >= 0.6 is 0 Å². The second-order valence-electron chi connectivity index (χ2n) is 7.39. The van der Waals surface area contributed by atoms with Crippen molar-refractivity contribution < 1.29 is 22.7 Å². The van der Waals surface area contributed by atoms with E-state index in [9.17, 15) is 18.0 Å². The Balaban J connectivity index is 1.50. The topological polar surface area (TPSA) is 55.3 Å². The number of piperidine rings is 1. The van der Waals surface area contributed by atoms with Crippen molar-refractivity contribution in [1.82, 2.24) is 14.9 Å². The molecule has 1 saturated heterocycles. The highest BCUT2D eigenvalue weighted by atomic mass is 19.4. The van der Waals surface area contributed by atoms with Crippen molar-refractivity contribution in [3.05, 3.63) is 53.6 Å². The smallest absolute Gasteiger partial charge is 0.416 e. The van der Waals surface area contributed by atoms with E-state index in [4.69, 9.17) is 4.74 Å². The lowest BCUT2D eigenvalue weighted by Gasteiger charge is -2.35. The minimum atomic E-state index is -4.42. The Bertz CT molecular complexity index is 870. The number of carbonyl (C=O) groups excluding carboxylic acids is 1. The second kappa shape index (κ2) is 7.07. The maximum absolute atomic E-state index is 13.0. The van der Waals surface area contributed by atoms with E-state index in [1.807, 2.05) is 0 Å². The number of ether oxygens (including phenoxy) is 1. The van der Waals surface area contributed by atoms with Crippen molar-refractivity contribution >= 4 is 5.91 Å². The monoisotopic (exact) mass is 391 g/mol. The van der Waals surface area contributed by atoms with E-state index in [-0.39, 0.29) is 42.0 Å². The van der Waals surface area contributed by atoms with Gasteiger partial charge in [0.05, 0.1) is 23.5 Å². The third-order valence-corrected chi connectivity index (χ3v) is 5.56. The highest BCUT2D eigenvalue weighted by molar-refractivity contribution is 5.92. The van der Waals surface area contributed by atoms with E-state index in [0.717, 1.165) is 37.1 Å². The van der Waals surface area contributed by atoms with Gasteiger partial charge in [0.15, 0.2) is 0 Å². The van der Waals surface area contributed by atoms with Gasteiger partial charge in [-0.2, -0.15) is 13.2 Å². The Kier molecular flexibility index (Phi) is 4.72. The molecule has 3 atom stereocenters. The number of halogens is 3. The van der Waals surface area contributed by atoms with Gasteiger partial charge in [-0.05, 0) is 50.3 Å². The van der Waals surface area contributed by atoms with E-state index in [1.165, 1.54) is 18.3 Å². The van der Waals surface area contributed by atoms with Gasteiger partial charge < -0.3 is 9.64 Å². The summed E-state index contributed by atoms with van der Waals surface area (Å²) in [6, 6.07) is 4.77. The summed E-state index contributed by atoms with van der Waals surface area (Å²) in [5.41, 5.74) is 0.256. The third-order valence-electron chi connectivity index (χ3n) is 5.56. The molecule has 1 aromatic heterocycles. The van der Waals surface area contributed by atoms with Crippen molar-refractivity contribution in [1.29, 1.82) is 0 Å². The first-order chi connectivity index (χ1) is 13.3. The first-order valence-electron chi connectivity index (χ1n) is 9.24. The average molecular weight is 391 g/mol. The van der Waals surface area contributed by atoms with E-state index in [0.29, 0.717) is 0 Å². The van der Waals surface area contributed by atoms with Crippen LogP contribution in [0.5, 0.6) is 5.75 Å². The maximum atomic E-state index is 13.0. The lowest BCUT2D eigenvalue weighted by atomic mass is 9.99. The molecule has 28 heavy (non-hydrogen) atoms. The van der Waals surface area contributed by atoms with Gasteiger partial charge in [0.25, 0.3) is 5.91 Å². The van der Waals surface area contributed by atoms with Crippen molar-refractivity contribution in [2.75, 3.05) is 6.61 Å². The molecule has 0 unspecified atom stereocenters. The summed E-state index contributed by atoms with van der Waals surface area (Å²) >= 11 is 0. The van der Waals surface area contributed by atoms with Crippen molar-refractivity contribution in [3.8, 4) is 5.75 Å². The van der Waals surface area contributed by atoms with Crippen LogP contribution in [0, 0.1) is 12.8 Å². The van der Waals surface area contributed by atoms with Crippen LogP contribution < -0.4 is 4.74 Å². The van der Waals surface area contributed by atoms with Gasteiger partial charge in [-0.1, -0.05) is 6.07 Å². The van der Waals surface area contributed by atoms with Crippen molar-refractivity contribution in [3.63, 3.8) is 0 Å². The molecule has 2 heterocycles. The Morgan fingerprint density at radius 2 is 2.07 bits per heavy atom. The van der Waals surface area contributed by atoms with Crippen LogP contribution in [0.4, 0.5) is 13.2 Å². The standard InChI is InChI=1S/C20H20F3N3O2/c1-12-9-25-17(10-24-12)19(27)26-15-6-5-13(7-15)18(26)11-28-16-4-2-3-14(8-16)20(21,22)23/h2-4,8-10,13,15,18H,5-7,11H2,1H3/t13-,15+,18-/m0/s1. The predicted molar refractivity (Wildman–Crippen MR) is 94.8 cm³/mol. The fourth-order valence-corrected chi connectivity index (χ4v) is 4.20. The number of likely N-dealkylation sites (tertiary alicyclic amines) is 1. The van der Waals surface area contributed by atoms with Crippen LogP contribution in [-0.4, -0.2) is 39.5 Å². The van der Waals surface area contributed by atoms with Gasteiger partial charge in [0.1, 0.15) is 18.1 Å². The normalized spacial score (nSPS) is 23.9. The van der Waals surface area contributed by atoms with Crippen LogP contribution in [0.2, 0.25) is 0 Å². The summed E-state index contributed by atoms with van der Waals surface area (Å²) in [5, 5.41) is 0. The molecule has 0 spiro atoms. The number of aromatic nitrogens is 2. The summed E-state index contributed by atoms with van der Waals surface area (Å²) in [6.07, 6.45) is 1.41. The van der Waals surface area contributed by atoms with E-state index >= 15 is 0 Å². The number of hydrogen-bond acceptors (Lipinski definition) is 4. The summed E-state index contributed by atoms with van der Waals surface area (Å²) in [4.78, 5) is 23.1. The van der Waals surface area contributed by atoms with Crippen molar-refractivity contribution in [2.45, 2.75) is 44.4 Å². The van der Waals surface area contributed by atoms with E-state index in [2.05, 4.69) is 9.97 Å². The molecule has 4 rings (SSSR count). The Labute approximate surface area is 160 Å². The summed E-state index contributed by atoms with van der Waals surface area (Å²) < 4.78 is 44.4. The van der Waals surface area contributed by atoms with Crippen LogP contribution in [0.15, 0.2) is 36.7 Å². The molecule has 1 aliphatic heterocycles. The molecule has 1 aromatic carbocycles. The number of hydrogen-bond donors (Lipinski definition) is 0. The average Bonchev–Trinajstić information content (AvgIpc) is 3.27. The second-order valence-corrected chi connectivity index (χ2v) is 7.39. The number of benzene rings is 1. The highest BCUT2D eigenvalue weighted by Crippen LogP contribution is 2.43. The van der Waals surface area contributed by atoms with E-state index in [1.54, 1.807) is 18.0 Å². The van der Waals surface area contributed by atoms with Gasteiger partial charge in [-0.25, -0.2) is 4.98 Å². The number of carbonyl (C=O) groups is 1. The fourth-order valence-electron chi connectivity index (χ4n) is 4.20. The SMILES string of the molecule is Cc1cnc(C(=O)N2[C@@H]3CC[C@@H](C3)[C@@H]2COc2cccc(C(F)(F)F)c2)cn1. The molecule has 2 aromatic rings. The molecule has 2 aliphatic rings. The molecule has 5 nitrogen and oxygen atoms in total. The minimum Gasteiger partial charge on any atom is -0.491 e. The highest BCUT2D eigenvalue weighted by Gasteiger charge is 2.48. The zero-order chi connectivity index (χ0) is 19.9. The zero-order valence-corrected chi connectivity index (χ0v) is 15.3. The molecule has 0 radical (unpaired) electrons. The molecule has 1 saturated carbocycles. The van der Waals surface area contributed by atoms with Gasteiger partial charge >= 0.3 is 6.18 Å². The number of rotatable bonds is 4. The molecule has 148 valence electrons. The molecule has 0 N–H and O–H groups in total. The third kappa shape index (κ3) is 3.55. The van der Waals surface area contributed by atoms with Crippen LogP contribution in [-0.2, 0) is 6.18 Å². The van der Waals surface area contributed by atoms with E-state index < -0.39 is 11.7 Å². The molecule has 1 aliphatic carbocycles. The van der Waals surface area contributed by atoms with Gasteiger partial charge in [-0.15, -0.1) is 0 Å². The molecular formula is C20H20F3N3O2. The Hall–Kier alpha value is -2.64. The maximum Gasteiger partial charge on any atom is 0.416 e. The lowest BCUT2D eigenvalue weighted by molar-refractivity contribution is -0.137. The van der Waals surface area contributed by atoms with Crippen LogP contribution in [0.25, 0.3) is 0 Å². The van der Waals surface area contributed by atoms with Gasteiger partial charge in [0, 0.05) is 12.2 Å². The number of fused-ring (bicyclic) bond motifs is 2. The molecule has 2 fully saturated rings. The zero-order valence-electron chi connectivity index (χ0n) is 15.3. The van der Waals surface area contributed by atoms with Gasteiger partial charge in [0.2, 0.25) is 0 Å². The molecule has 8 heteroatoms. The largest absolute Gasteiger partial charge is 0.491 e. The summed E-state index contributed by atoms with van der Waals surface area (Å²) in [7, 11) is 0. The quantitative estimate of drug-likeness (QED) is 0.794. The Morgan fingerprint density at radius 3 is 2.79 bits per heavy atom. The van der Waals surface area contributed by atoms with Crippen molar-refractivity contribution in [2.24, 2.45) is 5.92 Å². The Morgan fingerprint density at radius 1 is 1.25 bits per heavy atom. The predicted octanol–water partition coefficient (Wildman–Crippen LogP) is 3.88. The van der Waals surface area contributed by atoms with Crippen LogP contribution in [0.1, 0.15) is 41.0 Å². The number of amides is 1. The minimum absolute atomic E-state index is 0.121. The number of nitrogens with zero attached hydrogens (tertiary/aromatic N) is 3. The van der Waals surface area contributed by atoms with Gasteiger partial charge in [-0.3, -0.25) is 9.78 Å². The first kappa shape index (κ1) is 18.7. The summed E-state index contributed by atoms with van der Waals surface area (Å²) in [6.45, 7) is 1.96. The number of aryl methyl sites for hydroxylation is 1. The number of alkyl halides is 3. The molecular weight excluding hydrogens is 371 g/mol. The molecule has 1 amide bonds. The summed E-state index contributed by atoms with van der Waals surface area (Å²) in [5.74, 6) is 0.246. The molecule has 2 bridgehead atoms. The van der Waals surface area contributed by atoms with Crippen LogP contribution in [0.3, 0.4) is 0 Å². The lowest BCUT2D eigenvalue weighted by Crippen LogP contribution is -2.48.